The largest absolute Gasteiger partial charge is 0.507 e. The van der Waals surface area contributed by atoms with Gasteiger partial charge in [-0.05, 0) is 54.7 Å². The van der Waals surface area contributed by atoms with Gasteiger partial charge < -0.3 is 5.11 Å². The second-order valence-corrected chi connectivity index (χ2v) is 4.82. The van der Waals surface area contributed by atoms with Crippen molar-refractivity contribution in [1.82, 2.24) is 0 Å². The molecule has 0 aliphatic rings. The molecule has 2 aromatic rings. The third kappa shape index (κ3) is 2.80. The van der Waals surface area contributed by atoms with Crippen molar-refractivity contribution in [3.63, 3.8) is 0 Å². The van der Waals surface area contributed by atoms with Gasteiger partial charge in [-0.2, -0.15) is 0 Å². The van der Waals surface area contributed by atoms with Crippen molar-refractivity contribution >= 4 is 11.6 Å². The van der Waals surface area contributed by atoms with Crippen LogP contribution in [0.5, 0.6) is 5.75 Å². The van der Waals surface area contributed by atoms with E-state index < -0.39 is 0 Å². The SMILES string of the molecule is Cc1cc(Cc2cccc(Cl)c2)cc(C)c1O. The minimum atomic E-state index is 0.389. The van der Waals surface area contributed by atoms with E-state index in [9.17, 15) is 5.11 Å². The number of rotatable bonds is 2. The Morgan fingerprint density at radius 2 is 1.65 bits per heavy atom. The van der Waals surface area contributed by atoms with E-state index in [0.29, 0.717) is 5.75 Å². The van der Waals surface area contributed by atoms with Crippen LogP contribution < -0.4 is 0 Å². The van der Waals surface area contributed by atoms with Crippen LogP contribution in [0, 0.1) is 13.8 Å². The molecule has 0 atom stereocenters. The Morgan fingerprint density at radius 3 is 2.24 bits per heavy atom. The van der Waals surface area contributed by atoms with Gasteiger partial charge in [0.25, 0.3) is 0 Å². The summed E-state index contributed by atoms with van der Waals surface area (Å²) >= 11 is 5.96. The summed E-state index contributed by atoms with van der Waals surface area (Å²) in [7, 11) is 0. The van der Waals surface area contributed by atoms with Crippen LogP contribution in [0.25, 0.3) is 0 Å². The predicted molar refractivity (Wildman–Crippen MR) is 71.8 cm³/mol. The summed E-state index contributed by atoms with van der Waals surface area (Å²) in [6.45, 7) is 3.84. The molecule has 1 nitrogen and oxygen atoms in total. The summed E-state index contributed by atoms with van der Waals surface area (Å²) in [4.78, 5) is 0. The van der Waals surface area contributed by atoms with Gasteiger partial charge in [0.05, 0.1) is 0 Å². The van der Waals surface area contributed by atoms with Crippen LogP contribution in [0.2, 0.25) is 5.02 Å². The molecular weight excluding hydrogens is 232 g/mol. The highest BCUT2D eigenvalue weighted by atomic mass is 35.5. The molecule has 2 rings (SSSR count). The van der Waals surface area contributed by atoms with Crippen molar-refractivity contribution in [3.05, 3.63) is 63.7 Å². The monoisotopic (exact) mass is 246 g/mol. The maximum atomic E-state index is 9.72. The van der Waals surface area contributed by atoms with Crippen LogP contribution in [0.1, 0.15) is 22.3 Å². The summed E-state index contributed by atoms with van der Waals surface area (Å²) in [5.74, 6) is 0.389. The molecule has 0 aromatic heterocycles. The Bertz CT molecular complexity index is 523. The van der Waals surface area contributed by atoms with E-state index in [0.717, 1.165) is 22.6 Å². The van der Waals surface area contributed by atoms with Crippen LogP contribution >= 0.6 is 11.6 Å². The fourth-order valence-electron chi connectivity index (χ4n) is 2.03. The maximum absolute atomic E-state index is 9.72. The van der Waals surface area contributed by atoms with Crippen LogP contribution in [-0.4, -0.2) is 5.11 Å². The van der Waals surface area contributed by atoms with E-state index in [4.69, 9.17) is 11.6 Å². The van der Waals surface area contributed by atoms with Gasteiger partial charge in [-0.25, -0.2) is 0 Å². The predicted octanol–water partition coefficient (Wildman–Crippen LogP) is 4.25. The van der Waals surface area contributed by atoms with Crippen LogP contribution in [0.3, 0.4) is 0 Å². The molecule has 0 unspecified atom stereocenters. The molecule has 0 fully saturated rings. The number of aryl methyl sites for hydroxylation is 2. The van der Waals surface area contributed by atoms with Crippen molar-refractivity contribution in [2.45, 2.75) is 20.3 Å². The molecule has 88 valence electrons. The molecule has 0 saturated heterocycles. The normalized spacial score (nSPS) is 10.5. The Kier molecular flexibility index (Phi) is 3.39. The molecule has 2 heteroatoms. The van der Waals surface area contributed by atoms with Crippen LogP contribution in [0.4, 0.5) is 0 Å². The van der Waals surface area contributed by atoms with E-state index in [2.05, 4.69) is 6.07 Å². The van der Waals surface area contributed by atoms with Gasteiger partial charge >= 0.3 is 0 Å². The van der Waals surface area contributed by atoms with Gasteiger partial charge in [-0.1, -0.05) is 35.9 Å². The molecular formula is C15H15ClO. The van der Waals surface area contributed by atoms with Crippen LogP contribution in [-0.2, 0) is 6.42 Å². The molecule has 2 aromatic carbocycles. The van der Waals surface area contributed by atoms with E-state index in [1.807, 2.05) is 44.2 Å². The molecule has 0 aliphatic heterocycles. The zero-order valence-corrected chi connectivity index (χ0v) is 10.8. The number of halogens is 1. The van der Waals surface area contributed by atoms with Crippen molar-refractivity contribution in [2.75, 3.05) is 0 Å². The second kappa shape index (κ2) is 4.80. The standard InChI is InChI=1S/C15H15ClO/c1-10-6-13(7-11(2)15(10)17)8-12-4-3-5-14(16)9-12/h3-7,9,17H,8H2,1-2H3. The summed E-state index contributed by atoms with van der Waals surface area (Å²) < 4.78 is 0. The number of aromatic hydroxyl groups is 1. The second-order valence-electron chi connectivity index (χ2n) is 4.38. The smallest absolute Gasteiger partial charge is 0.121 e. The lowest BCUT2D eigenvalue weighted by molar-refractivity contribution is 0.466. The van der Waals surface area contributed by atoms with Gasteiger partial charge in [-0.15, -0.1) is 0 Å². The Hall–Kier alpha value is -1.47. The van der Waals surface area contributed by atoms with Crippen molar-refractivity contribution < 1.29 is 5.11 Å². The van der Waals surface area contributed by atoms with Crippen molar-refractivity contribution in [3.8, 4) is 5.75 Å². The molecule has 0 radical (unpaired) electrons. The zero-order valence-electron chi connectivity index (χ0n) is 10.00. The number of phenols is 1. The summed E-state index contributed by atoms with van der Waals surface area (Å²) in [5, 5.41) is 10.5. The van der Waals surface area contributed by atoms with Gasteiger partial charge in [0.2, 0.25) is 0 Å². The van der Waals surface area contributed by atoms with Gasteiger partial charge in [0, 0.05) is 5.02 Å². The molecule has 0 saturated carbocycles. The van der Waals surface area contributed by atoms with E-state index in [-0.39, 0.29) is 0 Å². The van der Waals surface area contributed by atoms with Gasteiger partial charge in [0.1, 0.15) is 5.75 Å². The highest BCUT2D eigenvalue weighted by molar-refractivity contribution is 6.30. The Morgan fingerprint density at radius 1 is 1.00 bits per heavy atom. The minimum Gasteiger partial charge on any atom is -0.507 e. The summed E-state index contributed by atoms with van der Waals surface area (Å²) in [6, 6.07) is 11.9. The first-order valence-electron chi connectivity index (χ1n) is 5.60. The minimum absolute atomic E-state index is 0.389. The fourth-order valence-corrected chi connectivity index (χ4v) is 2.24. The highest BCUT2D eigenvalue weighted by Gasteiger charge is 2.04. The van der Waals surface area contributed by atoms with Crippen molar-refractivity contribution in [1.29, 1.82) is 0 Å². The maximum Gasteiger partial charge on any atom is 0.121 e. The van der Waals surface area contributed by atoms with Crippen LogP contribution in [0.15, 0.2) is 36.4 Å². The Balaban J connectivity index is 2.31. The molecule has 0 spiro atoms. The molecule has 0 aliphatic carbocycles. The molecule has 1 N–H and O–H groups in total. The average Bonchev–Trinajstić information content (AvgIpc) is 2.26. The third-order valence-electron chi connectivity index (χ3n) is 2.85. The van der Waals surface area contributed by atoms with Gasteiger partial charge in [0.15, 0.2) is 0 Å². The number of hydrogen-bond acceptors (Lipinski definition) is 1. The quantitative estimate of drug-likeness (QED) is 0.840. The zero-order chi connectivity index (χ0) is 12.4. The lowest BCUT2D eigenvalue weighted by Crippen LogP contribution is -1.91. The molecule has 0 bridgehead atoms. The first kappa shape index (κ1) is 12.0. The molecule has 17 heavy (non-hydrogen) atoms. The first-order chi connectivity index (χ1) is 8.06. The number of phenolic OH excluding ortho intramolecular Hbond substituents is 1. The topological polar surface area (TPSA) is 20.2 Å². The lowest BCUT2D eigenvalue weighted by Gasteiger charge is -2.08. The lowest BCUT2D eigenvalue weighted by atomic mass is 10.00. The Labute approximate surface area is 107 Å². The van der Waals surface area contributed by atoms with E-state index in [1.54, 1.807) is 0 Å². The summed E-state index contributed by atoms with van der Waals surface area (Å²) in [6.07, 6.45) is 0.836. The summed E-state index contributed by atoms with van der Waals surface area (Å²) in [5.41, 5.74) is 4.21. The molecule has 0 amide bonds. The number of hydrogen-bond donors (Lipinski definition) is 1. The van der Waals surface area contributed by atoms with Crippen molar-refractivity contribution in [2.24, 2.45) is 0 Å². The molecule has 0 heterocycles. The van der Waals surface area contributed by atoms with E-state index >= 15 is 0 Å². The highest BCUT2D eigenvalue weighted by Crippen LogP contribution is 2.24. The average molecular weight is 247 g/mol. The van der Waals surface area contributed by atoms with E-state index in [1.165, 1.54) is 11.1 Å². The first-order valence-corrected chi connectivity index (χ1v) is 5.97. The third-order valence-corrected chi connectivity index (χ3v) is 3.08. The fraction of sp³-hybridized carbons (Fsp3) is 0.200. The number of benzene rings is 2. The van der Waals surface area contributed by atoms with Gasteiger partial charge in [-0.3, -0.25) is 0 Å².